The zero-order valence-electron chi connectivity index (χ0n) is 8.51. The first-order chi connectivity index (χ1) is 7.15. The van der Waals surface area contributed by atoms with Crippen molar-refractivity contribution in [3.8, 4) is 0 Å². The Morgan fingerprint density at radius 2 is 2.20 bits per heavy atom. The molecule has 0 radical (unpaired) electrons. The van der Waals surface area contributed by atoms with Crippen molar-refractivity contribution in [2.24, 2.45) is 0 Å². The van der Waals surface area contributed by atoms with Crippen LogP contribution in [0.1, 0.15) is 18.4 Å². The molecule has 80 valence electrons. The summed E-state index contributed by atoms with van der Waals surface area (Å²) in [5, 5.41) is 6.72. The molecule has 1 aliphatic rings. The fourth-order valence-electron chi connectivity index (χ4n) is 1.30. The maximum absolute atomic E-state index is 13.0. The van der Waals surface area contributed by atoms with E-state index in [-0.39, 0.29) is 5.82 Å². The molecule has 2 rings (SSSR count). The van der Waals surface area contributed by atoms with Crippen molar-refractivity contribution in [2.75, 3.05) is 5.32 Å². The van der Waals surface area contributed by atoms with Crippen molar-refractivity contribution in [1.29, 1.82) is 0 Å². The highest BCUT2D eigenvalue weighted by molar-refractivity contribution is 7.80. The lowest BCUT2D eigenvalue weighted by atomic mass is 10.2. The number of anilines is 1. The average molecular weight is 224 g/mol. The lowest BCUT2D eigenvalue weighted by molar-refractivity contribution is 0.628. The summed E-state index contributed by atoms with van der Waals surface area (Å²) in [6.07, 6.45) is 2.34. The zero-order chi connectivity index (χ0) is 10.8. The number of benzene rings is 1. The summed E-state index contributed by atoms with van der Waals surface area (Å²) < 4.78 is 13.0. The molecule has 2 nitrogen and oxygen atoms in total. The normalized spacial score (nSPS) is 14.8. The van der Waals surface area contributed by atoms with Gasteiger partial charge in [-0.3, -0.25) is 0 Å². The van der Waals surface area contributed by atoms with Gasteiger partial charge in [-0.25, -0.2) is 4.39 Å². The van der Waals surface area contributed by atoms with Crippen LogP contribution < -0.4 is 10.6 Å². The maximum atomic E-state index is 13.0. The van der Waals surface area contributed by atoms with Crippen LogP contribution in [0.3, 0.4) is 0 Å². The van der Waals surface area contributed by atoms with Crippen LogP contribution in [-0.4, -0.2) is 11.2 Å². The molecule has 0 spiro atoms. The Morgan fingerprint density at radius 3 is 2.87 bits per heavy atom. The number of hydrogen-bond donors (Lipinski definition) is 2. The predicted molar refractivity (Wildman–Crippen MR) is 63.5 cm³/mol. The van der Waals surface area contributed by atoms with Crippen molar-refractivity contribution >= 4 is 23.0 Å². The molecule has 0 atom stereocenters. The molecule has 1 fully saturated rings. The van der Waals surface area contributed by atoms with Crippen LogP contribution in [0.25, 0.3) is 0 Å². The summed E-state index contributed by atoms with van der Waals surface area (Å²) in [5.41, 5.74) is 1.71. The SMILES string of the molecule is Cc1ccc(F)cc1NC(=S)NC1CC1. The second kappa shape index (κ2) is 4.14. The van der Waals surface area contributed by atoms with Gasteiger partial charge in [0.15, 0.2) is 5.11 Å². The minimum atomic E-state index is -0.252. The van der Waals surface area contributed by atoms with Gasteiger partial charge in [0, 0.05) is 11.7 Å². The van der Waals surface area contributed by atoms with Gasteiger partial charge in [-0.1, -0.05) is 6.07 Å². The van der Waals surface area contributed by atoms with Crippen LogP contribution in [0.5, 0.6) is 0 Å². The highest BCUT2D eigenvalue weighted by Crippen LogP contribution is 2.20. The molecule has 0 aliphatic heterocycles. The third kappa shape index (κ3) is 2.89. The van der Waals surface area contributed by atoms with Crippen LogP contribution in [0.4, 0.5) is 10.1 Å². The molecule has 2 N–H and O–H groups in total. The Hall–Kier alpha value is -1.16. The van der Waals surface area contributed by atoms with E-state index in [1.807, 2.05) is 6.92 Å². The summed E-state index contributed by atoms with van der Waals surface area (Å²) in [6.45, 7) is 1.92. The standard InChI is InChI=1S/C11H13FN2S/c1-7-2-3-8(12)6-10(7)14-11(15)13-9-4-5-9/h2-3,6,9H,4-5H2,1H3,(H2,13,14,15). The van der Waals surface area contributed by atoms with E-state index in [9.17, 15) is 4.39 Å². The molecule has 1 saturated carbocycles. The molecule has 0 unspecified atom stereocenters. The molecular formula is C11H13FN2S. The monoisotopic (exact) mass is 224 g/mol. The minimum Gasteiger partial charge on any atom is -0.360 e. The van der Waals surface area contributed by atoms with Crippen molar-refractivity contribution in [2.45, 2.75) is 25.8 Å². The number of aryl methyl sites for hydroxylation is 1. The molecule has 0 amide bonds. The highest BCUT2D eigenvalue weighted by atomic mass is 32.1. The van der Waals surface area contributed by atoms with Gasteiger partial charge < -0.3 is 10.6 Å². The fraction of sp³-hybridized carbons (Fsp3) is 0.364. The number of thiocarbonyl (C=S) groups is 1. The number of rotatable bonds is 2. The van der Waals surface area contributed by atoms with Gasteiger partial charge in [0.05, 0.1) is 0 Å². The minimum absolute atomic E-state index is 0.252. The second-order valence-corrected chi connectivity index (χ2v) is 4.24. The lowest BCUT2D eigenvalue weighted by Crippen LogP contribution is -2.30. The van der Waals surface area contributed by atoms with Crippen LogP contribution >= 0.6 is 12.2 Å². The zero-order valence-corrected chi connectivity index (χ0v) is 9.33. The van der Waals surface area contributed by atoms with E-state index in [0.29, 0.717) is 11.2 Å². The third-order valence-corrected chi connectivity index (χ3v) is 2.58. The molecule has 1 aliphatic carbocycles. The van der Waals surface area contributed by atoms with E-state index >= 15 is 0 Å². The highest BCUT2D eigenvalue weighted by Gasteiger charge is 2.21. The van der Waals surface area contributed by atoms with Crippen LogP contribution in [0, 0.1) is 12.7 Å². The van der Waals surface area contributed by atoms with Gasteiger partial charge in [-0.05, 0) is 49.7 Å². The number of nitrogens with one attached hydrogen (secondary N) is 2. The van der Waals surface area contributed by atoms with Crippen molar-refractivity contribution < 1.29 is 4.39 Å². The molecule has 0 saturated heterocycles. The lowest BCUT2D eigenvalue weighted by Gasteiger charge is -2.11. The van der Waals surface area contributed by atoms with E-state index in [4.69, 9.17) is 12.2 Å². The molecule has 0 bridgehead atoms. The topological polar surface area (TPSA) is 24.1 Å². The van der Waals surface area contributed by atoms with Gasteiger partial charge in [0.1, 0.15) is 5.82 Å². The first-order valence-corrected chi connectivity index (χ1v) is 5.39. The summed E-state index contributed by atoms with van der Waals surface area (Å²) in [5.74, 6) is -0.252. The smallest absolute Gasteiger partial charge is 0.171 e. The first kappa shape index (κ1) is 10.4. The summed E-state index contributed by atoms with van der Waals surface area (Å²) in [7, 11) is 0. The van der Waals surface area contributed by atoms with E-state index < -0.39 is 0 Å². The Kier molecular flexibility index (Phi) is 2.86. The molecule has 0 heterocycles. The molecule has 15 heavy (non-hydrogen) atoms. The van der Waals surface area contributed by atoms with E-state index in [1.165, 1.54) is 25.0 Å². The second-order valence-electron chi connectivity index (χ2n) is 3.83. The Morgan fingerprint density at radius 1 is 1.47 bits per heavy atom. The molecule has 1 aromatic carbocycles. The van der Waals surface area contributed by atoms with Crippen LogP contribution in [0.15, 0.2) is 18.2 Å². The summed E-state index contributed by atoms with van der Waals surface area (Å²) in [4.78, 5) is 0. The third-order valence-electron chi connectivity index (χ3n) is 2.36. The van der Waals surface area contributed by atoms with Gasteiger partial charge in [-0.15, -0.1) is 0 Å². The maximum Gasteiger partial charge on any atom is 0.171 e. The molecule has 4 heteroatoms. The number of halogens is 1. The molecule has 0 aromatic heterocycles. The van der Waals surface area contributed by atoms with E-state index in [0.717, 1.165) is 11.3 Å². The van der Waals surface area contributed by atoms with Crippen molar-refractivity contribution in [1.82, 2.24) is 5.32 Å². The van der Waals surface area contributed by atoms with Crippen LogP contribution in [0.2, 0.25) is 0 Å². The van der Waals surface area contributed by atoms with Gasteiger partial charge in [-0.2, -0.15) is 0 Å². The van der Waals surface area contributed by atoms with E-state index in [1.54, 1.807) is 6.07 Å². The molecule has 1 aromatic rings. The van der Waals surface area contributed by atoms with Gasteiger partial charge >= 0.3 is 0 Å². The first-order valence-electron chi connectivity index (χ1n) is 4.99. The number of hydrogen-bond acceptors (Lipinski definition) is 1. The fourth-order valence-corrected chi connectivity index (χ4v) is 1.58. The summed E-state index contributed by atoms with van der Waals surface area (Å²) in [6, 6.07) is 5.14. The molecular weight excluding hydrogens is 211 g/mol. The average Bonchev–Trinajstić information content (AvgIpc) is 2.95. The predicted octanol–water partition coefficient (Wildman–Crippen LogP) is 2.58. The van der Waals surface area contributed by atoms with Crippen molar-refractivity contribution in [3.63, 3.8) is 0 Å². The van der Waals surface area contributed by atoms with E-state index in [2.05, 4.69) is 10.6 Å². The largest absolute Gasteiger partial charge is 0.360 e. The van der Waals surface area contributed by atoms with Crippen molar-refractivity contribution in [3.05, 3.63) is 29.6 Å². The summed E-state index contributed by atoms with van der Waals surface area (Å²) >= 11 is 5.11. The van der Waals surface area contributed by atoms with Gasteiger partial charge in [0.25, 0.3) is 0 Å². The Labute approximate surface area is 93.9 Å². The van der Waals surface area contributed by atoms with Crippen LogP contribution in [-0.2, 0) is 0 Å². The van der Waals surface area contributed by atoms with Gasteiger partial charge in [0.2, 0.25) is 0 Å². The Bertz CT molecular complexity index is 388. The Balaban J connectivity index is 2.01. The quantitative estimate of drug-likeness (QED) is 0.755.